The third-order valence-corrected chi connectivity index (χ3v) is 2.08. The Morgan fingerprint density at radius 2 is 2.20 bits per heavy atom. The van der Waals surface area contributed by atoms with Gasteiger partial charge in [-0.15, -0.1) is 0 Å². The summed E-state index contributed by atoms with van der Waals surface area (Å²) >= 11 is 0. The quantitative estimate of drug-likeness (QED) is 0.772. The van der Waals surface area contributed by atoms with Gasteiger partial charge in [-0.3, -0.25) is 4.79 Å². The number of ketones is 1. The lowest BCUT2D eigenvalue weighted by Crippen LogP contribution is -2.01. The number of hydrogen-bond acceptors (Lipinski definition) is 4. The molecule has 0 fully saturated rings. The largest absolute Gasteiger partial charge is 0.472 e. The van der Waals surface area contributed by atoms with Crippen molar-refractivity contribution in [3.63, 3.8) is 0 Å². The van der Waals surface area contributed by atoms with Crippen LogP contribution >= 0.6 is 0 Å². The van der Waals surface area contributed by atoms with E-state index in [1.807, 2.05) is 0 Å². The normalized spacial score (nSPS) is 10.5. The minimum absolute atomic E-state index is 0.0731. The fraction of sp³-hybridized carbons (Fsp3) is 0.182. The van der Waals surface area contributed by atoms with Crippen molar-refractivity contribution in [3.05, 3.63) is 47.8 Å². The number of carbonyl (C=O) groups excluding carboxylic acids is 1. The zero-order chi connectivity index (χ0) is 10.7. The first kappa shape index (κ1) is 9.73. The maximum atomic E-state index is 11.7. The first-order valence-corrected chi connectivity index (χ1v) is 4.62. The molecule has 2 heterocycles. The number of furan rings is 2. The van der Waals surface area contributed by atoms with Crippen LogP contribution in [0.1, 0.15) is 21.9 Å². The average molecular weight is 205 g/mol. The molecule has 0 saturated heterocycles. The van der Waals surface area contributed by atoms with Gasteiger partial charge in [0.15, 0.2) is 5.76 Å². The van der Waals surface area contributed by atoms with E-state index in [1.165, 1.54) is 6.26 Å². The highest BCUT2D eigenvalue weighted by Gasteiger charge is 2.11. The van der Waals surface area contributed by atoms with Gasteiger partial charge in [0.1, 0.15) is 5.76 Å². The van der Waals surface area contributed by atoms with E-state index in [9.17, 15) is 4.79 Å². The highest BCUT2D eigenvalue weighted by molar-refractivity contribution is 5.94. The lowest BCUT2D eigenvalue weighted by molar-refractivity contribution is 0.0964. The third-order valence-electron chi connectivity index (χ3n) is 2.08. The maximum Gasteiger partial charge on any atom is 0.202 e. The zero-order valence-corrected chi connectivity index (χ0v) is 8.10. The molecule has 0 aliphatic carbocycles. The highest BCUT2D eigenvalue weighted by Crippen LogP contribution is 2.11. The summed E-state index contributed by atoms with van der Waals surface area (Å²) < 4.78 is 10.1. The number of rotatable bonds is 4. The van der Waals surface area contributed by atoms with E-state index in [-0.39, 0.29) is 12.2 Å². The van der Waals surface area contributed by atoms with Crippen molar-refractivity contribution in [1.29, 1.82) is 0 Å². The molecule has 0 aromatic carbocycles. The molecule has 2 rings (SSSR count). The molecule has 4 heteroatoms. The predicted molar refractivity (Wildman–Crippen MR) is 53.3 cm³/mol. The fourth-order valence-electron chi connectivity index (χ4n) is 1.30. The van der Waals surface area contributed by atoms with Crippen LogP contribution < -0.4 is 5.73 Å². The van der Waals surface area contributed by atoms with E-state index >= 15 is 0 Å². The standard InChI is InChI=1S/C11H11NO3/c12-6-9-1-2-11(15-9)10(13)5-8-3-4-14-7-8/h1-4,7H,5-6,12H2. The molecule has 0 amide bonds. The molecule has 15 heavy (non-hydrogen) atoms. The van der Waals surface area contributed by atoms with Crippen LogP contribution in [0.25, 0.3) is 0 Å². The summed E-state index contributed by atoms with van der Waals surface area (Å²) in [5, 5.41) is 0. The molecule has 0 bridgehead atoms. The molecule has 78 valence electrons. The highest BCUT2D eigenvalue weighted by atomic mass is 16.3. The van der Waals surface area contributed by atoms with E-state index in [2.05, 4.69) is 0 Å². The van der Waals surface area contributed by atoms with Crippen LogP contribution in [0.4, 0.5) is 0 Å². The maximum absolute atomic E-state index is 11.7. The average Bonchev–Trinajstić information content (AvgIpc) is 2.86. The molecular formula is C11H11NO3. The zero-order valence-electron chi connectivity index (χ0n) is 8.10. The molecule has 2 N–H and O–H groups in total. The van der Waals surface area contributed by atoms with Crippen LogP contribution in [0.3, 0.4) is 0 Å². The smallest absolute Gasteiger partial charge is 0.202 e. The monoisotopic (exact) mass is 205 g/mol. The van der Waals surface area contributed by atoms with Gasteiger partial charge in [0.2, 0.25) is 5.78 Å². The Hall–Kier alpha value is -1.81. The van der Waals surface area contributed by atoms with Crippen LogP contribution in [-0.4, -0.2) is 5.78 Å². The van der Waals surface area contributed by atoms with Crippen molar-refractivity contribution in [3.8, 4) is 0 Å². The Labute approximate surface area is 86.7 Å². The minimum atomic E-state index is -0.0731. The van der Waals surface area contributed by atoms with Crippen LogP contribution in [0.5, 0.6) is 0 Å². The first-order valence-electron chi connectivity index (χ1n) is 4.62. The van der Waals surface area contributed by atoms with Gasteiger partial charge in [0.05, 0.1) is 19.1 Å². The molecule has 2 aromatic rings. The van der Waals surface area contributed by atoms with Crippen LogP contribution in [0, 0.1) is 0 Å². The van der Waals surface area contributed by atoms with Crippen molar-refractivity contribution in [2.45, 2.75) is 13.0 Å². The van der Waals surface area contributed by atoms with E-state index in [0.717, 1.165) is 5.56 Å². The fourth-order valence-corrected chi connectivity index (χ4v) is 1.30. The van der Waals surface area contributed by atoms with E-state index in [1.54, 1.807) is 24.5 Å². The summed E-state index contributed by atoms with van der Waals surface area (Å²) in [7, 11) is 0. The van der Waals surface area contributed by atoms with Gasteiger partial charge in [-0.05, 0) is 23.8 Å². The number of hydrogen-bond donors (Lipinski definition) is 1. The first-order chi connectivity index (χ1) is 7.29. The number of Topliss-reactive ketones (excluding diaryl/α,β-unsaturated/α-hetero) is 1. The predicted octanol–water partition coefficient (Wildman–Crippen LogP) is 1.76. The van der Waals surface area contributed by atoms with Crippen LogP contribution in [0.15, 0.2) is 39.6 Å². The van der Waals surface area contributed by atoms with Gasteiger partial charge in [0.25, 0.3) is 0 Å². The van der Waals surface area contributed by atoms with Gasteiger partial charge >= 0.3 is 0 Å². The van der Waals surface area contributed by atoms with Crippen molar-refractivity contribution in [1.82, 2.24) is 0 Å². The summed E-state index contributed by atoms with van der Waals surface area (Å²) in [6, 6.07) is 5.11. The molecular weight excluding hydrogens is 194 g/mol. The Kier molecular flexibility index (Phi) is 2.69. The van der Waals surface area contributed by atoms with Gasteiger partial charge in [-0.1, -0.05) is 0 Å². The van der Waals surface area contributed by atoms with Crippen molar-refractivity contribution in [2.75, 3.05) is 0 Å². The van der Waals surface area contributed by atoms with Crippen molar-refractivity contribution < 1.29 is 13.6 Å². The lowest BCUT2D eigenvalue weighted by atomic mass is 10.1. The minimum Gasteiger partial charge on any atom is -0.472 e. The number of nitrogens with two attached hydrogens (primary N) is 1. The molecule has 0 spiro atoms. The third kappa shape index (κ3) is 2.16. The summed E-state index contributed by atoms with van der Waals surface area (Å²) in [6.45, 7) is 0.305. The molecule has 0 unspecified atom stereocenters. The Morgan fingerprint density at radius 3 is 2.80 bits per heavy atom. The molecule has 0 radical (unpaired) electrons. The molecule has 0 saturated carbocycles. The lowest BCUT2D eigenvalue weighted by Gasteiger charge is -1.94. The van der Waals surface area contributed by atoms with Crippen molar-refractivity contribution in [2.24, 2.45) is 5.73 Å². The van der Waals surface area contributed by atoms with E-state index in [0.29, 0.717) is 18.1 Å². The molecule has 4 nitrogen and oxygen atoms in total. The Bertz CT molecular complexity index is 442. The summed E-state index contributed by atoms with van der Waals surface area (Å²) in [4.78, 5) is 11.7. The van der Waals surface area contributed by atoms with E-state index < -0.39 is 0 Å². The van der Waals surface area contributed by atoms with Gasteiger partial charge in [0, 0.05) is 6.42 Å². The SMILES string of the molecule is NCc1ccc(C(=O)Cc2ccoc2)o1. The van der Waals surface area contributed by atoms with Crippen LogP contribution in [0.2, 0.25) is 0 Å². The van der Waals surface area contributed by atoms with Gasteiger partial charge in [-0.25, -0.2) is 0 Å². The molecule has 0 aliphatic heterocycles. The number of carbonyl (C=O) groups is 1. The Morgan fingerprint density at radius 1 is 1.33 bits per heavy atom. The topological polar surface area (TPSA) is 69.4 Å². The molecule has 0 aliphatic rings. The second-order valence-corrected chi connectivity index (χ2v) is 3.20. The molecule has 0 atom stereocenters. The van der Waals surface area contributed by atoms with Crippen molar-refractivity contribution >= 4 is 5.78 Å². The van der Waals surface area contributed by atoms with Gasteiger partial charge < -0.3 is 14.6 Å². The summed E-state index contributed by atoms with van der Waals surface area (Å²) in [5.74, 6) is 0.887. The Balaban J connectivity index is 2.08. The second-order valence-electron chi connectivity index (χ2n) is 3.20. The summed E-state index contributed by atoms with van der Waals surface area (Å²) in [6.07, 6.45) is 3.37. The van der Waals surface area contributed by atoms with E-state index in [4.69, 9.17) is 14.6 Å². The molecule has 2 aromatic heterocycles. The second kappa shape index (κ2) is 4.14. The summed E-state index contributed by atoms with van der Waals surface area (Å²) in [5.41, 5.74) is 6.22. The van der Waals surface area contributed by atoms with Crippen LogP contribution in [-0.2, 0) is 13.0 Å². The van der Waals surface area contributed by atoms with Gasteiger partial charge in [-0.2, -0.15) is 0 Å².